The van der Waals surface area contributed by atoms with Gasteiger partial charge in [-0.2, -0.15) is 0 Å². The number of nitrogens with zero attached hydrogens (tertiary/aromatic N) is 3. The van der Waals surface area contributed by atoms with Gasteiger partial charge in [-0.25, -0.2) is 8.42 Å². The van der Waals surface area contributed by atoms with Gasteiger partial charge in [0.05, 0.1) is 23.1 Å². The predicted molar refractivity (Wildman–Crippen MR) is 129 cm³/mol. The predicted octanol–water partition coefficient (Wildman–Crippen LogP) is 3.04. The van der Waals surface area contributed by atoms with Gasteiger partial charge in [-0.3, -0.25) is 4.99 Å². The van der Waals surface area contributed by atoms with Crippen LogP contribution in [0.2, 0.25) is 5.02 Å². The van der Waals surface area contributed by atoms with Gasteiger partial charge in [0, 0.05) is 24.7 Å². The van der Waals surface area contributed by atoms with Crippen molar-refractivity contribution in [2.24, 2.45) is 4.99 Å². The van der Waals surface area contributed by atoms with E-state index < -0.39 is 14.6 Å². The fourth-order valence-corrected chi connectivity index (χ4v) is 4.67. The minimum atomic E-state index is -3.08. The zero-order valence-corrected chi connectivity index (χ0v) is 21.2. The van der Waals surface area contributed by atoms with Crippen molar-refractivity contribution in [3.05, 3.63) is 34.9 Å². The highest BCUT2D eigenvalue weighted by atomic mass is 127. The van der Waals surface area contributed by atoms with Gasteiger partial charge in [0.15, 0.2) is 15.8 Å². The van der Waals surface area contributed by atoms with Gasteiger partial charge in [-0.1, -0.05) is 23.7 Å². The molecule has 0 bridgehead atoms. The number of halogens is 2. The molecule has 1 N–H and O–H groups in total. The number of sulfone groups is 1. The molecule has 0 radical (unpaired) electrons. The molecule has 1 heterocycles. The Hall–Kier alpha value is -0.580. The number of hydrogen-bond donors (Lipinski definition) is 1. The molecule has 1 aromatic rings. The highest BCUT2D eigenvalue weighted by molar-refractivity contribution is 14.0. The molecule has 0 spiro atoms. The maximum atomic E-state index is 12.3. The minimum absolute atomic E-state index is 0. The lowest BCUT2D eigenvalue weighted by atomic mass is 10.1. The summed E-state index contributed by atoms with van der Waals surface area (Å²) in [6.07, 6.45) is 0. The van der Waals surface area contributed by atoms with Crippen molar-refractivity contribution in [3.8, 4) is 0 Å². The Morgan fingerprint density at radius 2 is 1.93 bits per heavy atom. The SMILES string of the molecule is CCNC(=NCC(c1ccc(Cl)cc1)N(C)C)N1CCS(=O)(=O)C(C)(C)C1.I. The molecule has 6 nitrogen and oxygen atoms in total. The van der Waals surface area contributed by atoms with Gasteiger partial charge in [0.25, 0.3) is 0 Å². The van der Waals surface area contributed by atoms with E-state index in [4.69, 9.17) is 16.6 Å². The van der Waals surface area contributed by atoms with Gasteiger partial charge in [-0.05, 0) is 52.6 Å². The van der Waals surface area contributed by atoms with E-state index in [1.165, 1.54) is 0 Å². The molecule has 1 unspecified atom stereocenters. The smallest absolute Gasteiger partial charge is 0.194 e. The standard InChI is InChI=1S/C19H31ClN4O2S.HI/c1-6-21-18(24-11-12-27(25,26)19(2,3)14-24)22-13-17(23(4)5)15-7-9-16(20)10-8-15;/h7-10,17H,6,11-14H2,1-5H3,(H,21,22);1H. The van der Waals surface area contributed by atoms with Gasteiger partial charge in [0.2, 0.25) is 0 Å². The van der Waals surface area contributed by atoms with Crippen LogP contribution in [-0.4, -0.2) is 75.0 Å². The van der Waals surface area contributed by atoms with Crippen LogP contribution in [-0.2, 0) is 9.84 Å². The van der Waals surface area contributed by atoms with Crippen LogP contribution in [0.3, 0.4) is 0 Å². The first kappa shape index (κ1) is 25.5. The molecule has 0 aliphatic carbocycles. The Balaban J connectivity index is 0.00000392. The minimum Gasteiger partial charge on any atom is -0.357 e. The first-order valence-electron chi connectivity index (χ1n) is 9.25. The molecule has 28 heavy (non-hydrogen) atoms. The van der Waals surface area contributed by atoms with E-state index in [0.29, 0.717) is 24.7 Å². The van der Waals surface area contributed by atoms with E-state index in [9.17, 15) is 8.42 Å². The number of benzene rings is 1. The highest BCUT2D eigenvalue weighted by Gasteiger charge is 2.41. The molecule has 1 saturated heterocycles. The molecule has 0 saturated carbocycles. The van der Waals surface area contributed by atoms with Crippen LogP contribution in [0.5, 0.6) is 0 Å². The summed E-state index contributed by atoms with van der Waals surface area (Å²) in [4.78, 5) is 9.01. The van der Waals surface area contributed by atoms with E-state index in [2.05, 4.69) is 15.1 Å². The number of likely N-dealkylation sites (N-methyl/N-ethyl adjacent to an activating group) is 1. The van der Waals surface area contributed by atoms with Crippen LogP contribution in [0.1, 0.15) is 32.4 Å². The van der Waals surface area contributed by atoms with Crippen LogP contribution in [0.25, 0.3) is 0 Å². The molecule has 0 amide bonds. The average Bonchev–Trinajstić information content (AvgIpc) is 2.58. The van der Waals surface area contributed by atoms with E-state index >= 15 is 0 Å². The second kappa shape index (κ2) is 10.4. The molecule has 1 aliphatic rings. The monoisotopic (exact) mass is 542 g/mol. The fourth-order valence-electron chi connectivity index (χ4n) is 3.18. The zero-order chi connectivity index (χ0) is 20.2. The highest BCUT2D eigenvalue weighted by Crippen LogP contribution is 2.24. The normalized spacial score (nSPS) is 19.8. The summed E-state index contributed by atoms with van der Waals surface area (Å²) >= 11 is 6.01. The van der Waals surface area contributed by atoms with Crippen LogP contribution in [0, 0.1) is 0 Å². The first-order chi connectivity index (χ1) is 12.6. The fraction of sp³-hybridized carbons (Fsp3) is 0.632. The van der Waals surface area contributed by atoms with Crippen molar-refractivity contribution in [2.45, 2.75) is 31.6 Å². The van der Waals surface area contributed by atoms with Gasteiger partial charge in [-0.15, -0.1) is 24.0 Å². The second-order valence-electron chi connectivity index (χ2n) is 7.73. The summed E-state index contributed by atoms with van der Waals surface area (Å²) in [5.41, 5.74) is 1.14. The molecule has 9 heteroatoms. The van der Waals surface area contributed by atoms with Crippen LogP contribution in [0.4, 0.5) is 0 Å². The molecule has 1 aliphatic heterocycles. The van der Waals surface area contributed by atoms with E-state index in [1.807, 2.05) is 45.3 Å². The van der Waals surface area contributed by atoms with Gasteiger partial charge >= 0.3 is 0 Å². The average molecular weight is 543 g/mol. The topological polar surface area (TPSA) is 65.0 Å². The first-order valence-corrected chi connectivity index (χ1v) is 11.3. The Kier molecular flexibility index (Phi) is 9.50. The third-order valence-electron chi connectivity index (χ3n) is 4.97. The van der Waals surface area contributed by atoms with Crippen LogP contribution in [0.15, 0.2) is 29.3 Å². The summed E-state index contributed by atoms with van der Waals surface area (Å²) in [6.45, 7) is 7.80. The number of guanidine groups is 1. The zero-order valence-electron chi connectivity index (χ0n) is 17.3. The van der Waals surface area contributed by atoms with Crippen molar-refractivity contribution >= 4 is 51.4 Å². The molecule has 1 aromatic carbocycles. The number of hydrogen-bond acceptors (Lipinski definition) is 4. The third-order valence-corrected chi connectivity index (χ3v) is 7.75. The number of rotatable bonds is 5. The van der Waals surface area contributed by atoms with Crippen LogP contribution < -0.4 is 5.32 Å². The van der Waals surface area contributed by atoms with Crippen LogP contribution >= 0.6 is 35.6 Å². The summed E-state index contributed by atoms with van der Waals surface area (Å²) in [7, 11) is 0.973. The Labute approximate surface area is 191 Å². The Bertz CT molecular complexity index is 767. The molecular formula is C19H32ClIN4O2S. The Morgan fingerprint density at radius 1 is 1.32 bits per heavy atom. The maximum absolute atomic E-state index is 12.3. The lowest BCUT2D eigenvalue weighted by Gasteiger charge is -2.39. The number of nitrogens with one attached hydrogen (secondary N) is 1. The van der Waals surface area contributed by atoms with Crippen molar-refractivity contribution in [3.63, 3.8) is 0 Å². The summed E-state index contributed by atoms with van der Waals surface area (Å²) in [5.74, 6) is 0.917. The van der Waals surface area contributed by atoms with E-state index in [0.717, 1.165) is 18.1 Å². The molecule has 1 atom stereocenters. The maximum Gasteiger partial charge on any atom is 0.194 e. The summed E-state index contributed by atoms with van der Waals surface area (Å²) < 4.78 is 23.8. The molecule has 160 valence electrons. The molecular weight excluding hydrogens is 511 g/mol. The number of aliphatic imine (C=N–C) groups is 1. The largest absolute Gasteiger partial charge is 0.357 e. The van der Waals surface area contributed by atoms with Gasteiger partial charge in [0.1, 0.15) is 0 Å². The lowest BCUT2D eigenvalue weighted by molar-refractivity contribution is 0.303. The quantitative estimate of drug-likeness (QED) is 0.352. The van der Waals surface area contributed by atoms with Crippen molar-refractivity contribution in [1.82, 2.24) is 15.1 Å². The van der Waals surface area contributed by atoms with Crippen molar-refractivity contribution < 1.29 is 8.42 Å². The molecule has 2 rings (SSSR count). The van der Waals surface area contributed by atoms with Gasteiger partial charge < -0.3 is 15.1 Å². The molecule has 0 aromatic heterocycles. The van der Waals surface area contributed by atoms with E-state index in [1.54, 1.807) is 13.8 Å². The summed E-state index contributed by atoms with van der Waals surface area (Å²) in [6, 6.07) is 7.93. The second-order valence-corrected chi connectivity index (χ2v) is 10.9. The Morgan fingerprint density at radius 3 is 2.43 bits per heavy atom. The van der Waals surface area contributed by atoms with Crippen molar-refractivity contribution in [2.75, 3.05) is 46.0 Å². The summed E-state index contributed by atoms with van der Waals surface area (Å²) in [5, 5.41) is 4.03. The van der Waals surface area contributed by atoms with E-state index in [-0.39, 0.29) is 35.8 Å². The molecule has 1 fully saturated rings. The third kappa shape index (κ3) is 6.21. The lowest BCUT2D eigenvalue weighted by Crippen LogP contribution is -2.57. The van der Waals surface area contributed by atoms with Crippen molar-refractivity contribution in [1.29, 1.82) is 0 Å².